The summed E-state index contributed by atoms with van der Waals surface area (Å²) in [4.78, 5) is 11.0. The standard InChI is InChI=1S/C9H7F3O/c1-2-8(13)5-3-6(10)9(12)7(11)4-5/h3-4H,2H2,1H3. The fourth-order valence-corrected chi connectivity index (χ4v) is 0.921. The summed E-state index contributed by atoms with van der Waals surface area (Å²) in [6.07, 6.45) is 0.129. The van der Waals surface area contributed by atoms with Gasteiger partial charge in [-0.2, -0.15) is 0 Å². The van der Waals surface area contributed by atoms with Crippen molar-refractivity contribution in [3.8, 4) is 0 Å². The van der Waals surface area contributed by atoms with Gasteiger partial charge in [-0.05, 0) is 12.1 Å². The van der Waals surface area contributed by atoms with Gasteiger partial charge < -0.3 is 0 Å². The van der Waals surface area contributed by atoms with Gasteiger partial charge in [-0.25, -0.2) is 13.2 Å². The van der Waals surface area contributed by atoms with Crippen LogP contribution in [0.15, 0.2) is 12.1 Å². The first-order valence-electron chi connectivity index (χ1n) is 3.74. The van der Waals surface area contributed by atoms with E-state index in [1.165, 1.54) is 0 Å². The van der Waals surface area contributed by atoms with Crippen molar-refractivity contribution >= 4 is 5.78 Å². The van der Waals surface area contributed by atoms with E-state index in [4.69, 9.17) is 0 Å². The lowest BCUT2D eigenvalue weighted by Gasteiger charge is -1.99. The lowest BCUT2D eigenvalue weighted by Crippen LogP contribution is -2.01. The summed E-state index contributed by atoms with van der Waals surface area (Å²) in [6.45, 7) is 1.56. The maximum atomic E-state index is 12.6. The Labute approximate surface area is 73.2 Å². The quantitative estimate of drug-likeness (QED) is 0.515. The molecule has 1 nitrogen and oxygen atoms in total. The van der Waals surface area contributed by atoms with Crippen molar-refractivity contribution in [2.75, 3.05) is 0 Å². The molecule has 4 heteroatoms. The first kappa shape index (κ1) is 9.77. The molecule has 0 heterocycles. The number of halogens is 3. The number of carbonyl (C=O) groups excluding carboxylic acids is 1. The van der Waals surface area contributed by atoms with Crippen molar-refractivity contribution in [3.05, 3.63) is 35.1 Å². The molecule has 0 bridgehead atoms. The van der Waals surface area contributed by atoms with Gasteiger partial charge in [0.25, 0.3) is 0 Å². The molecule has 0 saturated heterocycles. The first-order chi connectivity index (χ1) is 6.06. The van der Waals surface area contributed by atoms with E-state index >= 15 is 0 Å². The van der Waals surface area contributed by atoms with E-state index in [9.17, 15) is 18.0 Å². The zero-order chi connectivity index (χ0) is 10.0. The molecule has 0 aliphatic rings. The van der Waals surface area contributed by atoms with Crippen molar-refractivity contribution in [2.45, 2.75) is 13.3 Å². The molecular formula is C9H7F3O. The molecule has 0 radical (unpaired) electrons. The van der Waals surface area contributed by atoms with Crippen LogP contribution in [0.5, 0.6) is 0 Å². The number of benzene rings is 1. The lowest BCUT2D eigenvalue weighted by atomic mass is 10.1. The fourth-order valence-electron chi connectivity index (χ4n) is 0.921. The Morgan fingerprint density at radius 3 is 2.08 bits per heavy atom. The van der Waals surface area contributed by atoms with E-state index in [0.29, 0.717) is 12.1 Å². The highest BCUT2D eigenvalue weighted by atomic mass is 19.2. The van der Waals surface area contributed by atoms with Crippen molar-refractivity contribution in [1.29, 1.82) is 0 Å². The third kappa shape index (κ3) is 1.88. The van der Waals surface area contributed by atoms with Gasteiger partial charge >= 0.3 is 0 Å². The summed E-state index contributed by atoms with van der Waals surface area (Å²) in [7, 11) is 0. The van der Waals surface area contributed by atoms with Crippen molar-refractivity contribution in [3.63, 3.8) is 0 Å². The third-order valence-electron chi connectivity index (χ3n) is 1.63. The molecule has 0 fully saturated rings. The molecule has 13 heavy (non-hydrogen) atoms. The molecule has 1 rings (SSSR count). The van der Waals surface area contributed by atoms with Crippen LogP contribution in [-0.4, -0.2) is 5.78 Å². The first-order valence-corrected chi connectivity index (χ1v) is 3.74. The molecule has 0 atom stereocenters. The minimum Gasteiger partial charge on any atom is -0.294 e. The molecule has 0 amide bonds. The maximum absolute atomic E-state index is 12.6. The van der Waals surface area contributed by atoms with Crippen LogP contribution in [0.4, 0.5) is 13.2 Å². The second-order valence-electron chi connectivity index (χ2n) is 2.53. The average molecular weight is 188 g/mol. The molecule has 1 aromatic carbocycles. The van der Waals surface area contributed by atoms with Crippen molar-refractivity contribution < 1.29 is 18.0 Å². The van der Waals surface area contributed by atoms with Crippen LogP contribution in [0.3, 0.4) is 0 Å². The molecule has 0 aliphatic heterocycles. The molecule has 0 N–H and O–H groups in total. The van der Waals surface area contributed by atoms with Crippen molar-refractivity contribution in [1.82, 2.24) is 0 Å². The predicted molar refractivity (Wildman–Crippen MR) is 40.9 cm³/mol. The number of hydrogen-bond donors (Lipinski definition) is 0. The smallest absolute Gasteiger partial charge is 0.194 e. The van der Waals surface area contributed by atoms with Gasteiger partial charge in [0.15, 0.2) is 23.2 Å². The Morgan fingerprint density at radius 1 is 1.23 bits per heavy atom. The molecule has 0 unspecified atom stereocenters. The van der Waals surface area contributed by atoms with E-state index in [2.05, 4.69) is 0 Å². The Hall–Kier alpha value is -1.32. The maximum Gasteiger partial charge on any atom is 0.194 e. The van der Waals surface area contributed by atoms with Crippen LogP contribution < -0.4 is 0 Å². The molecule has 0 spiro atoms. The summed E-state index contributed by atoms with van der Waals surface area (Å²) in [5.74, 6) is -4.64. The zero-order valence-electron chi connectivity index (χ0n) is 6.90. The monoisotopic (exact) mass is 188 g/mol. The number of carbonyl (C=O) groups is 1. The van der Waals surface area contributed by atoms with Gasteiger partial charge in [0.2, 0.25) is 0 Å². The van der Waals surface area contributed by atoms with Crippen molar-refractivity contribution in [2.24, 2.45) is 0 Å². The fraction of sp³-hybridized carbons (Fsp3) is 0.222. The SMILES string of the molecule is CCC(=O)c1cc(F)c(F)c(F)c1. The minimum absolute atomic E-state index is 0.129. The molecule has 70 valence electrons. The van der Waals surface area contributed by atoms with Crippen LogP contribution in [0.25, 0.3) is 0 Å². The van der Waals surface area contributed by atoms with E-state index in [1.54, 1.807) is 6.92 Å². The molecule has 0 aromatic heterocycles. The summed E-state index contributed by atoms with van der Waals surface area (Å²) in [6, 6.07) is 1.40. The highest BCUT2D eigenvalue weighted by Gasteiger charge is 2.13. The van der Waals surface area contributed by atoms with Crippen LogP contribution in [0.2, 0.25) is 0 Å². The second kappa shape index (κ2) is 3.60. The largest absolute Gasteiger partial charge is 0.294 e. The summed E-state index contributed by atoms with van der Waals surface area (Å²) in [5, 5.41) is 0. The number of hydrogen-bond acceptors (Lipinski definition) is 1. The van der Waals surface area contributed by atoms with Gasteiger partial charge in [0.05, 0.1) is 0 Å². The number of Topliss-reactive ketones (excluding diaryl/α,β-unsaturated/α-hetero) is 1. The highest BCUT2D eigenvalue weighted by molar-refractivity contribution is 5.95. The van der Waals surface area contributed by atoms with Crippen LogP contribution >= 0.6 is 0 Å². The zero-order valence-corrected chi connectivity index (χ0v) is 6.90. The molecular weight excluding hydrogens is 181 g/mol. The Balaban J connectivity index is 3.20. The van der Waals surface area contributed by atoms with Crippen LogP contribution in [0.1, 0.15) is 23.7 Å². The molecule has 0 saturated carbocycles. The molecule has 1 aromatic rings. The van der Waals surface area contributed by atoms with Gasteiger partial charge in [0, 0.05) is 12.0 Å². The number of ketones is 1. The van der Waals surface area contributed by atoms with E-state index < -0.39 is 23.2 Å². The normalized spacial score (nSPS) is 10.2. The van der Waals surface area contributed by atoms with Crippen LogP contribution in [0, 0.1) is 17.5 Å². The topological polar surface area (TPSA) is 17.1 Å². The summed E-state index contributed by atoms with van der Waals surface area (Å²) < 4.78 is 37.6. The summed E-state index contributed by atoms with van der Waals surface area (Å²) in [5.41, 5.74) is -0.140. The summed E-state index contributed by atoms with van der Waals surface area (Å²) >= 11 is 0. The average Bonchev–Trinajstić information content (AvgIpc) is 2.12. The van der Waals surface area contributed by atoms with E-state index in [0.717, 1.165) is 0 Å². The Morgan fingerprint density at radius 2 is 1.69 bits per heavy atom. The second-order valence-corrected chi connectivity index (χ2v) is 2.53. The van der Waals surface area contributed by atoms with Crippen LogP contribution in [-0.2, 0) is 0 Å². The van der Waals surface area contributed by atoms with Gasteiger partial charge in [-0.15, -0.1) is 0 Å². The Bertz CT molecular complexity index is 324. The van der Waals surface area contributed by atoms with E-state index in [-0.39, 0.29) is 12.0 Å². The van der Waals surface area contributed by atoms with Gasteiger partial charge in [-0.1, -0.05) is 6.92 Å². The predicted octanol–water partition coefficient (Wildman–Crippen LogP) is 2.70. The highest BCUT2D eigenvalue weighted by Crippen LogP contribution is 2.14. The van der Waals surface area contributed by atoms with Gasteiger partial charge in [0.1, 0.15) is 0 Å². The Kier molecular flexibility index (Phi) is 2.70. The third-order valence-corrected chi connectivity index (χ3v) is 1.63. The van der Waals surface area contributed by atoms with E-state index in [1.807, 2.05) is 0 Å². The minimum atomic E-state index is -1.55. The molecule has 0 aliphatic carbocycles. The lowest BCUT2D eigenvalue weighted by molar-refractivity contribution is 0.0987. The van der Waals surface area contributed by atoms with Gasteiger partial charge in [-0.3, -0.25) is 4.79 Å². The number of rotatable bonds is 2.